The summed E-state index contributed by atoms with van der Waals surface area (Å²) in [6.07, 6.45) is 1.98. The molecule has 0 aromatic carbocycles. The van der Waals surface area contributed by atoms with E-state index in [9.17, 15) is 5.11 Å². The Bertz CT molecular complexity index is 128. The summed E-state index contributed by atoms with van der Waals surface area (Å²) in [6, 6.07) is 0. The zero-order valence-corrected chi connectivity index (χ0v) is 9.44. The fourth-order valence-corrected chi connectivity index (χ4v) is 0.917. The van der Waals surface area contributed by atoms with Crippen molar-refractivity contribution in [1.82, 2.24) is 0 Å². The van der Waals surface area contributed by atoms with Crippen LogP contribution in [0.1, 0.15) is 54.4 Å². The monoisotopic (exact) mass is 172 g/mol. The fraction of sp³-hybridized carbons (Fsp3) is 1.00. The Labute approximate surface area is 77.2 Å². The Hall–Kier alpha value is -0.0400. The van der Waals surface area contributed by atoms with Crippen molar-refractivity contribution in [2.45, 2.75) is 60.0 Å². The van der Waals surface area contributed by atoms with E-state index in [0.29, 0.717) is 11.3 Å². The molecule has 0 aliphatic carbocycles. The second-order valence-electron chi connectivity index (χ2n) is 5.46. The van der Waals surface area contributed by atoms with E-state index in [-0.39, 0.29) is 0 Å². The van der Waals surface area contributed by atoms with E-state index in [1.54, 1.807) is 0 Å². The fourth-order valence-electron chi connectivity index (χ4n) is 0.917. The first-order valence-corrected chi connectivity index (χ1v) is 4.87. The third-order valence-corrected chi connectivity index (χ3v) is 2.94. The summed E-state index contributed by atoms with van der Waals surface area (Å²) in [5.41, 5.74) is -0.161. The van der Waals surface area contributed by atoms with E-state index in [1.807, 2.05) is 13.8 Å². The van der Waals surface area contributed by atoms with Gasteiger partial charge in [-0.3, -0.25) is 0 Å². The van der Waals surface area contributed by atoms with Crippen LogP contribution >= 0.6 is 0 Å². The first-order chi connectivity index (χ1) is 5.15. The van der Waals surface area contributed by atoms with E-state index in [2.05, 4.69) is 27.7 Å². The van der Waals surface area contributed by atoms with Gasteiger partial charge in [-0.2, -0.15) is 0 Å². The minimum Gasteiger partial charge on any atom is -0.390 e. The van der Waals surface area contributed by atoms with Crippen molar-refractivity contribution >= 4 is 0 Å². The van der Waals surface area contributed by atoms with Gasteiger partial charge in [-0.05, 0) is 38.0 Å². The summed E-state index contributed by atoms with van der Waals surface area (Å²) < 4.78 is 0. The molecule has 0 fully saturated rings. The highest BCUT2D eigenvalue weighted by Crippen LogP contribution is 2.33. The molecule has 0 amide bonds. The lowest BCUT2D eigenvalue weighted by Crippen LogP contribution is -2.25. The van der Waals surface area contributed by atoms with Gasteiger partial charge in [0.25, 0.3) is 0 Å². The van der Waals surface area contributed by atoms with E-state index < -0.39 is 5.60 Å². The predicted octanol–water partition coefficient (Wildman–Crippen LogP) is 3.22. The highest BCUT2D eigenvalue weighted by molar-refractivity contribution is 4.76. The molecule has 0 aliphatic rings. The molecule has 0 spiro atoms. The summed E-state index contributed by atoms with van der Waals surface area (Å²) in [4.78, 5) is 0. The summed E-state index contributed by atoms with van der Waals surface area (Å²) in [5.74, 6) is 0.680. The first-order valence-electron chi connectivity index (χ1n) is 4.87. The van der Waals surface area contributed by atoms with Crippen molar-refractivity contribution in [1.29, 1.82) is 0 Å². The van der Waals surface area contributed by atoms with Crippen molar-refractivity contribution in [2.24, 2.45) is 11.3 Å². The molecule has 0 atom stereocenters. The smallest absolute Gasteiger partial charge is 0.0592 e. The lowest BCUT2D eigenvalue weighted by atomic mass is 9.76. The van der Waals surface area contributed by atoms with Crippen molar-refractivity contribution in [2.75, 3.05) is 0 Å². The minimum absolute atomic E-state index is 0.347. The number of hydrogen-bond donors (Lipinski definition) is 1. The molecular formula is C11H24O. The third kappa shape index (κ3) is 4.76. The van der Waals surface area contributed by atoms with Crippen LogP contribution in [0.3, 0.4) is 0 Å². The average Bonchev–Trinajstić information content (AvgIpc) is 1.82. The second kappa shape index (κ2) is 3.78. The molecule has 1 nitrogen and oxygen atoms in total. The molecule has 12 heavy (non-hydrogen) atoms. The van der Waals surface area contributed by atoms with Crippen LogP contribution in [-0.4, -0.2) is 10.7 Å². The molecule has 0 radical (unpaired) electrons. The topological polar surface area (TPSA) is 20.2 Å². The van der Waals surface area contributed by atoms with Gasteiger partial charge in [-0.15, -0.1) is 0 Å². The van der Waals surface area contributed by atoms with E-state index in [0.717, 1.165) is 12.8 Å². The van der Waals surface area contributed by atoms with Gasteiger partial charge in [0.2, 0.25) is 0 Å². The number of aliphatic hydroxyl groups is 1. The Morgan fingerprint density at radius 3 is 1.67 bits per heavy atom. The van der Waals surface area contributed by atoms with Crippen molar-refractivity contribution in [3.05, 3.63) is 0 Å². The number of hydrogen-bond acceptors (Lipinski definition) is 1. The van der Waals surface area contributed by atoms with Crippen LogP contribution in [0.2, 0.25) is 0 Å². The molecule has 0 saturated carbocycles. The van der Waals surface area contributed by atoms with Gasteiger partial charge in [0.05, 0.1) is 5.60 Å². The standard InChI is InChI=1S/C11H24O/c1-9(2)10(3,4)7-8-11(5,6)12/h9,12H,7-8H2,1-6H3. The summed E-state index contributed by atoms with van der Waals surface area (Å²) in [7, 11) is 0. The summed E-state index contributed by atoms with van der Waals surface area (Å²) in [6.45, 7) is 12.8. The van der Waals surface area contributed by atoms with Gasteiger partial charge in [0, 0.05) is 0 Å². The van der Waals surface area contributed by atoms with Crippen LogP contribution in [0.5, 0.6) is 0 Å². The highest BCUT2D eigenvalue weighted by Gasteiger charge is 2.25. The largest absolute Gasteiger partial charge is 0.390 e. The molecule has 1 N–H and O–H groups in total. The molecule has 0 aliphatic heterocycles. The van der Waals surface area contributed by atoms with Crippen molar-refractivity contribution < 1.29 is 5.11 Å². The van der Waals surface area contributed by atoms with Gasteiger partial charge in [-0.1, -0.05) is 27.7 Å². The van der Waals surface area contributed by atoms with Gasteiger partial charge < -0.3 is 5.11 Å². The molecular weight excluding hydrogens is 148 g/mol. The van der Waals surface area contributed by atoms with Crippen LogP contribution in [0.25, 0.3) is 0 Å². The van der Waals surface area contributed by atoms with Crippen LogP contribution in [0.4, 0.5) is 0 Å². The van der Waals surface area contributed by atoms with Gasteiger partial charge in [-0.25, -0.2) is 0 Å². The van der Waals surface area contributed by atoms with Gasteiger partial charge in [0.15, 0.2) is 0 Å². The third-order valence-electron chi connectivity index (χ3n) is 2.94. The van der Waals surface area contributed by atoms with Gasteiger partial charge in [0.1, 0.15) is 0 Å². The Kier molecular flexibility index (Phi) is 3.77. The molecule has 0 rings (SSSR count). The maximum absolute atomic E-state index is 9.56. The Morgan fingerprint density at radius 1 is 1.00 bits per heavy atom. The number of rotatable bonds is 4. The molecule has 0 aromatic heterocycles. The normalized spacial score (nSPS) is 14.0. The maximum atomic E-state index is 9.56. The zero-order valence-electron chi connectivity index (χ0n) is 9.44. The SMILES string of the molecule is CC(C)C(C)(C)CCC(C)(C)O. The quantitative estimate of drug-likeness (QED) is 0.690. The van der Waals surface area contributed by atoms with Crippen LogP contribution in [-0.2, 0) is 0 Å². The average molecular weight is 172 g/mol. The second-order valence-corrected chi connectivity index (χ2v) is 5.46. The maximum Gasteiger partial charge on any atom is 0.0592 e. The molecule has 74 valence electrons. The predicted molar refractivity (Wildman–Crippen MR) is 54.2 cm³/mol. The molecule has 0 unspecified atom stereocenters. The summed E-state index contributed by atoms with van der Waals surface area (Å²) in [5, 5.41) is 9.56. The highest BCUT2D eigenvalue weighted by atomic mass is 16.3. The Morgan fingerprint density at radius 2 is 1.42 bits per heavy atom. The van der Waals surface area contributed by atoms with Crippen LogP contribution in [0.15, 0.2) is 0 Å². The lowest BCUT2D eigenvalue weighted by Gasteiger charge is -2.31. The van der Waals surface area contributed by atoms with Crippen molar-refractivity contribution in [3.8, 4) is 0 Å². The Balaban J connectivity index is 3.93. The minimum atomic E-state index is -0.508. The van der Waals surface area contributed by atoms with Crippen LogP contribution in [0, 0.1) is 11.3 Å². The van der Waals surface area contributed by atoms with Crippen molar-refractivity contribution in [3.63, 3.8) is 0 Å². The van der Waals surface area contributed by atoms with Crippen LogP contribution < -0.4 is 0 Å². The molecule has 0 saturated heterocycles. The van der Waals surface area contributed by atoms with E-state index in [4.69, 9.17) is 0 Å². The molecule has 0 heterocycles. The summed E-state index contributed by atoms with van der Waals surface area (Å²) >= 11 is 0. The molecule has 0 bridgehead atoms. The van der Waals surface area contributed by atoms with E-state index >= 15 is 0 Å². The first kappa shape index (κ1) is 12.0. The van der Waals surface area contributed by atoms with E-state index in [1.165, 1.54) is 0 Å². The molecule has 0 aromatic rings. The molecule has 1 heteroatoms. The van der Waals surface area contributed by atoms with Gasteiger partial charge >= 0.3 is 0 Å². The lowest BCUT2D eigenvalue weighted by molar-refractivity contribution is 0.0498. The zero-order chi connectivity index (χ0) is 9.99.